The molecule has 0 spiro atoms. The number of amides is 1. The Bertz CT molecular complexity index is 764. The Kier molecular flexibility index (Phi) is 6.88. The van der Waals surface area contributed by atoms with E-state index in [-0.39, 0.29) is 12.0 Å². The molecule has 2 aromatic rings. The van der Waals surface area contributed by atoms with Crippen molar-refractivity contribution in [1.82, 2.24) is 0 Å². The zero-order valence-corrected chi connectivity index (χ0v) is 15.5. The molecule has 0 bridgehead atoms. The first-order chi connectivity index (χ1) is 13.2. The van der Waals surface area contributed by atoms with Crippen molar-refractivity contribution in [2.45, 2.75) is 25.9 Å². The van der Waals surface area contributed by atoms with Gasteiger partial charge in [0.1, 0.15) is 18.1 Å². The van der Waals surface area contributed by atoms with Gasteiger partial charge in [0, 0.05) is 24.4 Å². The fourth-order valence-electron chi connectivity index (χ4n) is 2.83. The number of ether oxygens (including phenoxy) is 3. The van der Waals surface area contributed by atoms with Gasteiger partial charge in [-0.1, -0.05) is 18.2 Å². The number of carbonyl (C=O) groups excluding carboxylic acids is 1. The van der Waals surface area contributed by atoms with Crippen LogP contribution in [0.2, 0.25) is 0 Å². The summed E-state index contributed by atoms with van der Waals surface area (Å²) < 4.78 is 16.7. The van der Waals surface area contributed by atoms with Gasteiger partial charge < -0.3 is 19.5 Å². The fourth-order valence-corrected chi connectivity index (χ4v) is 2.83. The highest BCUT2D eigenvalue weighted by molar-refractivity contribution is 6.02. The number of carbonyl (C=O) groups is 1. The summed E-state index contributed by atoms with van der Waals surface area (Å²) in [5, 5.41) is 2.85. The van der Waals surface area contributed by atoms with Gasteiger partial charge in [-0.25, -0.2) is 0 Å². The van der Waals surface area contributed by atoms with Gasteiger partial charge in [-0.15, -0.1) is 0 Å². The Labute approximate surface area is 159 Å². The van der Waals surface area contributed by atoms with Gasteiger partial charge in [-0.2, -0.15) is 0 Å². The summed E-state index contributed by atoms with van der Waals surface area (Å²) in [5.41, 5.74) is 1.63. The van der Waals surface area contributed by atoms with E-state index in [4.69, 9.17) is 14.2 Å². The number of hydrogen-bond acceptors (Lipinski definition) is 4. The molecular weight excluding hydrogens is 342 g/mol. The average molecular weight is 367 g/mol. The SMILES string of the molecule is CCOc1ccc(/C=C/C(=O)Nc2cccc(OCC3CCCO3)c2)cc1. The molecule has 142 valence electrons. The number of benzene rings is 2. The van der Waals surface area contributed by atoms with Crippen molar-refractivity contribution < 1.29 is 19.0 Å². The topological polar surface area (TPSA) is 56.8 Å². The minimum Gasteiger partial charge on any atom is -0.494 e. The molecule has 27 heavy (non-hydrogen) atoms. The molecular formula is C22H25NO4. The van der Waals surface area contributed by atoms with E-state index in [0.29, 0.717) is 18.9 Å². The Morgan fingerprint density at radius 1 is 1.19 bits per heavy atom. The highest BCUT2D eigenvalue weighted by Crippen LogP contribution is 2.20. The van der Waals surface area contributed by atoms with Gasteiger partial charge in [-0.3, -0.25) is 4.79 Å². The third kappa shape index (κ3) is 6.15. The smallest absolute Gasteiger partial charge is 0.248 e. The molecule has 1 aliphatic heterocycles. The van der Waals surface area contributed by atoms with Crippen molar-refractivity contribution >= 4 is 17.7 Å². The zero-order valence-electron chi connectivity index (χ0n) is 15.5. The number of hydrogen-bond donors (Lipinski definition) is 1. The van der Waals surface area contributed by atoms with Gasteiger partial charge >= 0.3 is 0 Å². The molecule has 0 radical (unpaired) electrons. The predicted molar refractivity (Wildman–Crippen MR) is 106 cm³/mol. The van der Waals surface area contributed by atoms with Crippen LogP contribution in [0.5, 0.6) is 11.5 Å². The van der Waals surface area contributed by atoms with Crippen molar-refractivity contribution in [3.8, 4) is 11.5 Å². The molecule has 0 saturated carbocycles. The summed E-state index contributed by atoms with van der Waals surface area (Å²) in [6.45, 7) is 3.93. The Morgan fingerprint density at radius 3 is 2.78 bits per heavy atom. The lowest BCUT2D eigenvalue weighted by molar-refractivity contribution is -0.111. The van der Waals surface area contributed by atoms with Crippen molar-refractivity contribution in [2.24, 2.45) is 0 Å². The summed E-state index contributed by atoms with van der Waals surface area (Å²) in [6.07, 6.45) is 5.57. The van der Waals surface area contributed by atoms with E-state index in [1.54, 1.807) is 6.08 Å². The Balaban J connectivity index is 1.51. The lowest BCUT2D eigenvalue weighted by Crippen LogP contribution is -2.16. The summed E-state index contributed by atoms with van der Waals surface area (Å²) >= 11 is 0. The maximum absolute atomic E-state index is 12.2. The minimum absolute atomic E-state index is 0.167. The van der Waals surface area contributed by atoms with Gasteiger partial charge in [0.15, 0.2) is 0 Å². The number of nitrogens with one attached hydrogen (secondary N) is 1. The van der Waals surface area contributed by atoms with Gasteiger partial charge in [0.05, 0.1) is 12.7 Å². The van der Waals surface area contributed by atoms with Crippen molar-refractivity contribution in [1.29, 1.82) is 0 Å². The molecule has 1 aliphatic rings. The summed E-state index contributed by atoms with van der Waals surface area (Å²) in [7, 11) is 0. The maximum Gasteiger partial charge on any atom is 0.248 e. The Morgan fingerprint density at radius 2 is 2.04 bits per heavy atom. The summed E-state index contributed by atoms with van der Waals surface area (Å²) in [6, 6.07) is 15.0. The molecule has 1 atom stereocenters. The highest BCUT2D eigenvalue weighted by atomic mass is 16.5. The molecule has 2 aromatic carbocycles. The van der Waals surface area contributed by atoms with Crippen molar-refractivity contribution in [2.75, 3.05) is 25.1 Å². The van der Waals surface area contributed by atoms with E-state index in [1.165, 1.54) is 6.08 Å². The molecule has 1 fully saturated rings. The Hall–Kier alpha value is -2.79. The number of rotatable bonds is 8. The quantitative estimate of drug-likeness (QED) is 0.707. The third-order valence-corrected chi connectivity index (χ3v) is 4.18. The molecule has 1 amide bonds. The molecule has 1 unspecified atom stereocenters. The van der Waals surface area contributed by atoms with Crippen LogP contribution in [0.15, 0.2) is 54.6 Å². The molecule has 0 aliphatic carbocycles. The lowest BCUT2D eigenvalue weighted by Gasteiger charge is -2.12. The van der Waals surface area contributed by atoms with E-state index < -0.39 is 0 Å². The lowest BCUT2D eigenvalue weighted by atomic mass is 10.2. The fraction of sp³-hybridized carbons (Fsp3) is 0.318. The largest absolute Gasteiger partial charge is 0.494 e. The first-order valence-corrected chi connectivity index (χ1v) is 9.29. The van der Waals surface area contributed by atoms with Crippen LogP contribution in [0.1, 0.15) is 25.3 Å². The second kappa shape index (κ2) is 9.78. The first kappa shape index (κ1) is 19.0. The molecule has 0 aromatic heterocycles. The molecule has 1 saturated heterocycles. The van der Waals surface area contributed by atoms with Crippen LogP contribution in [-0.2, 0) is 9.53 Å². The normalized spacial score (nSPS) is 16.4. The standard InChI is InChI=1S/C22H25NO4/c1-2-25-19-11-8-17(9-12-19)10-13-22(24)23-18-5-3-6-20(15-18)27-16-21-7-4-14-26-21/h3,5-6,8-13,15,21H,2,4,7,14,16H2,1H3,(H,23,24)/b13-10+. The van der Waals surface area contributed by atoms with Crippen LogP contribution in [0.25, 0.3) is 6.08 Å². The zero-order chi connectivity index (χ0) is 18.9. The van der Waals surface area contributed by atoms with E-state index >= 15 is 0 Å². The summed E-state index contributed by atoms with van der Waals surface area (Å²) in [4.78, 5) is 12.2. The predicted octanol–water partition coefficient (Wildman–Crippen LogP) is 4.30. The summed E-state index contributed by atoms with van der Waals surface area (Å²) in [5.74, 6) is 1.35. The van der Waals surface area contributed by atoms with Gasteiger partial charge in [0.25, 0.3) is 0 Å². The second-order valence-electron chi connectivity index (χ2n) is 6.30. The minimum atomic E-state index is -0.194. The second-order valence-corrected chi connectivity index (χ2v) is 6.30. The average Bonchev–Trinajstić information content (AvgIpc) is 3.20. The monoisotopic (exact) mass is 367 g/mol. The van der Waals surface area contributed by atoms with Crippen LogP contribution in [0, 0.1) is 0 Å². The van der Waals surface area contributed by atoms with E-state index in [2.05, 4.69) is 5.32 Å². The number of anilines is 1. The van der Waals surface area contributed by atoms with Crippen LogP contribution in [0.3, 0.4) is 0 Å². The first-order valence-electron chi connectivity index (χ1n) is 9.29. The van der Waals surface area contributed by atoms with Crippen LogP contribution < -0.4 is 14.8 Å². The maximum atomic E-state index is 12.2. The highest BCUT2D eigenvalue weighted by Gasteiger charge is 2.16. The van der Waals surface area contributed by atoms with E-state index in [9.17, 15) is 4.79 Å². The van der Waals surface area contributed by atoms with Crippen LogP contribution in [0.4, 0.5) is 5.69 Å². The van der Waals surface area contributed by atoms with Crippen molar-refractivity contribution in [3.05, 3.63) is 60.2 Å². The third-order valence-electron chi connectivity index (χ3n) is 4.18. The molecule has 3 rings (SSSR count). The molecule has 1 N–H and O–H groups in total. The molecule has 5 nitrogen and oxygen atoms in total. The van der Waals surface area contributed by atoms with Gasteiger partial charge in [0.2, 0.25) is 5.91 Å². The van der Waals surface area contributed by atoms with Crippen molar-refractivity contribution in [3.63, 3.8) is 0 Å². The van der Waals surface area contributed by atoms with E-state index in [0.717, 1.165) is 36.5 Å². The molecule has 1 heterocycles. The van der Waals surface area contributed by atoms with Crippen LogP contribution in [-0.4, -0.2) is 31.8 Å². The van der Waals surface area contributed by atoms with E-state index in [1.807, 2.05) is 55.5 Å². The van der Waals surface area contributed by atoms with Crippen LogP contribution >= 0.6 is 0 Å². The van der Waals surface area contributed by atoms with Gasteiger partial charge in [-0.05, 0) is 55.7 Å². The molecule has 5 heteroatoms.